The molecule has 4 N–H and O–H groups in total. The number of halogens is 1. The minimum Gasteiger partial charge on any atom is -0.396 e. The lowest BCUT2D eigenvalue weighted by atomic mass is 10.2. The molecule has 0 aliphatic heterocycles. The largest absolute Gasteiger partial charge is 0.396 e. The van der Waals surface area contributed by atoms with Crippen LogP contribution in [0.15, 0.2) is 33.9 Å². The molecule has 0 atom stereocenters. The van der Waals surface area contributed by atoms with Crippen molar-refractivity contribution in [3.8, 4) is 0 Å². The number of hydrogen-bond donors (Lipinski definition) is 3. The van der Waals surface area contributed by atoms with Crippen molar-refractivity contribution in [3.05, 3.63) is 54.2 Å². The molecule has 0 saturated heterocycles. The molecule has 0 amide bonds. The Bertz CT molecular complexity index is 1100. The fraction of sp³-hybridized carbons (Fsp3) is 0.389. The minimum atomic E-state index is -0.449. The zero-order valence-corrected chi connectivity index (χ0v) is 17.7. The Morgan fingerprint density at radius 1 is 1.25 bits per heavy atom. The maximum absolute atomic E-state index is 13.1. The fourth-order valence-corrected chi connectivity index (χ4v) is 3.63. The predicted molar refractivity (Wildman–Crippen MR) is 117 cm³/mol. The van der Waals surface area contributed by atoms with Gasteiger partial charge in [-0.3, -0.25) is 18.5 Å². The fourth-order valence-electron chi connectivity index (χ4n) is 3.07. The molecule has 0 bridgehead atoms. The number of aromatic nitrogens is 4. The average Bonchev–Trinajstić information content (AvgIpc) is 3.05. The van der Waals surface area contributed by atoms with E-state index in [4.69, 9.17) is 10.8 Å². The number of nitrogens with one attached hydrogen (secondary N) is 1. The summed E-state index contributed by atoms with van der Waals surface area (Å²) in [7, 11) is 1.59. The Morgan fingerprint density at radius 2 is 2.00 bits per heavy atom. The van der Waals surface area contributed by atoms with Gasteiger partial charge < -0.3 is 16.2 Å². The molecule has 150 valence electrons. The smallest absolute Gasteiger partial charge is 0.332 e. The van der Waals surface area contributed by atoms with E-state index >= 15 is 0 Å². The van der Waals surface area contributed by atoms with E-state index in [9.17, 15) is 9.59 Å². The summed E-state index contributed by atoms with van der Waals surface area (Å²) >= 11 is 2.25. The topological polar surface area (TPSA) is 120 Å². The van der Waals surface area contributed by atoms with Crippen molar-refractivity contribution in [2.45, 2.75) is 19.5 Å². The second-order valence-electron chi connectivity index (χ2n) is 6.38. The molecular formula is C18H23IN6O3. The number of aliphatic hydroxyl groups is 1. The monoisotopic (exact) mass is 498 g/mol. The SMILES string of the molecule is Cn1c(=O)n(CCCO)c(=O)c2c1nc(NCCN)n2Cc1ccccc1I. The van der Waals surface area contributed by atoms with Crippen LogP contribution < -0.4 is 22.3 Å². The van der Waals surface area contributed by atoms with Gasteiger partial charge in [-0.1, -0.05) is 18.2 Å². The molecule has 3 aromatic rings. The molecule has 0 aliphatic carbocycles. The van der Waals surface area contributed by atoms with E-state index in [0.717, 1.165) is 13.7 Å². The summed E-state index contributed by atoms with van der Waals surface area (Å²) in [6, 6.07) is 7.89. The summed E-state index contributed by atoms with van der Waals surface area (Å²) in [6.45, 7) is 1.37. The van der Waals surface area contributed by atoms with Crippen LogP contribution in [0.25, 0.3) is 11.2 Å². The number of imidazole rings is 1. The van der Waals surface area contributed by atoms with Crippen molar-refractivity contribution >= 4 is 39.7 Å². The number of rotatable bonds is 8. The quantitative estimate of drug-likeness (QED) is 0.385. The number of aliphatic hydroxyl groups excluding tert-OH is 1. The van der Waals surface area contributed by atoms with Gasteiger partial charge in [0.25, 0.3) is 5.56 Å². The van der Waals surface area contributed by atoms with E-state index < -0.39 is 11.2 Å². The van der Waals surface area contributed by atoms with Gasteiger partial charge in [0.05, 0.1) is 6.54 Å². The molecule has 1 aromatic carbocycles. The van der Waals surface area contributed by atoms with Crippen LogP contribution in [0, 0.1) is 3.57 Å². The van der Waals surface area contributed by atoms with Gasteiger partial charge in [0, 0.05) is 36.9 Å². The highest BCUT2D eigenvalue weighted by Crippen LogP contribution is 2.20. The van der Waals surface area contributed by atoms with E-state index in [2.05, 4.69) is 32.9 Å². The Balaban J connectivity index is 2.26. The summed E-state index contributed by atoms with van der Waals surface area (Å²) in [6.07, 6.45) is 0.323. The second kappa shape index (κ2) is 8.88. The predicted octanol–water partition coefficient (Wildman–Crippen LogP) is 0.303. The van der Waals surface area contributed by atoms with Crippen molar-refractivity contribution in [1.29, 1.82) is 0 Å². The van der Waals surface area contributed by atoms with Crippen molar-refractivity contribution in [1.82, 2.24) is 18.7 Å². The Labute approximate surface area is 174 Å². The first-order chi connectivity index (χ1) is 13.5. The lowest BCUT2D eigenvalue weighted by molar-refractivity contribution is 0.277. The van der Waals surface area contributed by atoms with Crippen LogP contribution in [-0.4, -0.2) is 43.5 Å². The molecular weight excluding hydrogens is 475 g/mol. The van der Waals surface area contributed by atoms with Gasteiger partial charge in [-0.25, -0.2) is 4.79 Å². The van der Waals surface area contributed by atoms with E-state index in [0.29, 0.717) is 43.2 Å². The van der Waals surface area contributed by atoms with Crippen LogP contribution in [0.2, 0.25) is 0 Å². The first-order valence-electron chi connectivity index (χ1n) is 8.97. The Kier molecular flexibility index (Phi) is 6.52. The maximum atomic E-state index is 13.1. The molecule has 2 heterocycles. The van der Waals surface area contributed by atoms with Crippen molar-refractivity contribution in [2.24, 2.45) is 12.8 Å². The summed E-state index contributed by atoms with van der Waals surface area (Å²) < 4.78 is 5.38. The number of benzene rings is 1. The minimum absolute atomic E-state index is 0.0988. The van der Waals surface area contributed by atoms with E-state index in [1.165, 1.54) is 4.57 Å². The highest BCUT2D eigenvalue weighted by atomic mass is 127. The Hall–Kier alpha value is -2.18. The molecule has 0 unspecified atom stereocenters. The third-order valence-corrected chi connectivity index (χ3v) is 5.54. The van der Waals surface area contributed by atoms with Crippen LogP contribution in [0.1, 0.15) is 12.0 Å². The van der Waals surface area contributed by atoms with Crippen LogP contribution in [0.3, 0.4) is 0 Å². The first kappa shape index (κ1) is 20.6. The third-order valence-electron chi connectivity index (χ3n) is 4.49. The number of anilines is 1. The highest BCUT2D eigenvalue weighted by molar-refractivity contribution is 14.1. The number of fused-ring (bicyclic) bond motifs is 1. The van der Waals surface area contributed by atoms with Crippen molar-refractivity contribution in [2.75, 3.05) is 25.0 Å². The highest BCUT2D eigenvalue weighted by Gasteiger charge is 2.20. The molecule has 0 fully saturated rings. The standard InChI is InChI=1S/C18H23IN6O3/c1-23-15-14(16(27)24(18(23)28)9-4-10-26)25(17(22-15)21-8-7-20)11-12-5-2-3-6-13(12)19/h2-3,5-6,26H,4,7-11,20H2,1H3,(H,21,22). The average molecular weight is 498 g/mol. The summed E-state index contributed by atoms with van der Waals surface area (Å²) in [5, 5.41) is 12.3. The van der Waals surface area contributed by atoms with Gasteiger partial charge in [-0.15, -0.1) is 0 Å². The number of nitrogens with zero attached hydrogens (tertiary/aromatic N) is 4. The van der Waals surface area contributed by atoms with Gasteiger partial charge in [0.15, 0.2) is 11.2 Å². The van der Waals surface area contributed by atoms with Gasteiger partial charge in [0.1, 0.15) is 0 Å². The van der Waals surface area contributed by atoms with Gasteiger partial charge in [-0.2, -0.15) is 4.98 Å². The molecule has 10 heteroatoms. The van der Waals surface area contributed by atoms with Crippen LogP contribution in [-0.2, 0) is 20.1 Å². The molecule has 0 radical (unpaired) electrons. The van der Waals surface area contributed by atoms with Crippen LogP contribution in [0.4, 0.5) is 5.95 Å². The maximum Gasteiger partial charge on any atom is 0.332 e. The van der Waals surface area contributed by atoms with Crippen LogP contribution >= 0.6 is 22.6 Å². The zero-order chi connectivity index (χ0) is 20.3. The summed E-state index contributed by atoms with van der Waals surface area (Å²) in [5.41, 5.74) is 6.46. The molecule has 3 rings (SSSR count). The lowest BCUT2D eigenvalue weighted by Gasteiger charge is -2.12. The van der Waals surface area contributed by atoms with Gasteiger partial charge >= 0.3 is 5.69 Å². The molecule has 2 aromatic heterocycles. The van der Waals surface area contributed by atoms with E-state index in [1.54, 1.807) is 11.6 Å². The summed E-state index contributed by atoms with van der Waals surface area (Å²) in [4.78, 5) is 30.3. The molecule has 0 saturated carbocycles. The first-order valence-corrected chi connectivity index (χ1v) is 10.1. The molecule has 0 spiro atoms. The third kappa shape index (κ3) is 3.84. The number of hydrogen-bond acceptors (Lipinski definition) is 6. The number of aryl methyl sites for hydroxylation is 1. The zero-order valence-electron chi connectivity index (χ0n) is 15.6. The molecule has 9 nitrogen and oxygen atoms in total. The Morgan fingerprint density at radius 3 is 2.68 bits per heavy atom. The normalized spacial score (nSPS) is 11.3. The second-order valence-corrected chi connectivity index (χ2v) is 7.54. The number of nitrogens with two attached hydrogens (primary N) is 1. The van der Waals surface area contributed by atoms with Crippen LogP contribution in [0.5, 0.6) is 0 Å². The van der Waals surface area contributed by atoms with Crippen molar-refractivity contribution < 1.29 is 5.11 Å². The lowest BCUT2D eigenvalue weighted by Crippen LogP contribution is -2.40. The van der Waals surface area contributed by atoms with Gasteiger partial charge in [-0.05, 0) is 40.6 Å². The molecule has 0 aliphatic rings. The van der Waals surface area contributed by atoms with E-state index in [-0.39, 0.29) is 13.2 Å². The summed E-state index contributed by atoms with van der Waals surface area (Å²) in [5.74, 6) is 0.493. The van der Waals surface area contributed by atoms with E-state index in [1.807, 2.05) is 24.3 Å². The van der Waals surface area contributed by atoms with Crippen molar-refractivity contribution in [3.63, 3.8) is 0 Å². The van der Waals surface area contributed by atoms with Gasteiger partial charge in [0.2, 0.25) is 5.95 Å². The molecule has 28 heavy (non-hydrogen) atoms.